The van der Waals surface area contributed by atoms with Gasteiger partial charge in [0.15, 0.2) is 0 Å². The molecular formula is C18H30N4O2. The van der Waals surface area contributed by atoms with E-state index in [1.54, 1.807) is 0 Å². The molecule has 0 unspecified atom stereocenters. The molecule has 2 aliphatic rings. The van der Waals surface area contributed by atoms with Crippen molar-refractivity contribution in [3.63, 3.8) is 0 Å². The zero-order chi connectivity index (χ0) is 17.1. The summed E-state index contributed by atoms with van der Waals surface area (Å²) in [5.41, 5.74) is 1.24. The summed E-state index contributed by atoms with van der Waals surface area (Å²) < 4.78 is 7.94. The number of aromatic nitrogens is 2. The Kier molecular flexibility index (Phi) is 5.43. The van der Waals surface area contributed by atoms with Gasteiger partial charge >= 0.3 is 6.03 Å². The molecule has 2 amide bonds. The van der Waals surface area contributed by atoms with Crippen LogP contribution in [0.4, 0.5) is 4.79 Å². The first-order valence-electron chi connectivity index (χ1n) is 9.23. The first kappa shape index (κ1) is 17.3. The number of rotatable bonds is 3. The van der Waals surface area contributed by atoms with E-state index in [1.807, 2.05) is 24.9 Å². The summed E-state index contributed by atoms with van der Waals surface area (Å²) in [7, 11) is 0. The molecule has 2 aliphatic heterocycles. The third-order valence-corrected chi connectivity index (χ3v) is 5.13. The highest BCUT2D eigenvalue weighted by atomic mass is 16.5. The standard InChI is InChI=1S/C18H30N4O2/c1-13(2)20-18(23)21-8-4-16(5-9-21)22-14(3)12-19-17(22)15-6-10-24-11-7-15/h12-13,15-16H,4-11H2,1-3H3,(H,20,23). The van der Waals surface area contributed by atoms with Gasteiger partial charge in [0.25, 0.3) is 0 Å². The third-order valence-electron chi connectivity index (χ3n) is 5.13. The van der Waals surface area contributed by atoms with Gasteiger partial charge in [-0.25, -0.2) is 9.78 Å². The molecule has 2 fully saturated rings. The topological polar surface area (TPSA) is 59.4 Å². The largest absolute Gasteiger partial charge is 0.381 e. The minimum atomic E-state index is 0.0652. The highest BCUT2D eigenvalue weighted by Gasteiger charge is 2.29. The molecule has 0 atom stereocenters. The SMILES string of the molecule is Cc1cnc(C2CCOCC2)n1C1CCN(C(=O)NC(C)C)CC1. The van der Waals surface area contributed by atoms with Gasteiger partial charge in [0.05, 0.1) is 0 Å². The number of urea groups is 1. The Hall–Kier alpha value is -1.56. The first-order chi connectivity index (χ1) is 11.6. The smallest absolute Gasteiger partial charge is 0.317 e. The van der Waals surface area contributed by atoms with Gasteiger partial charge in [-0.2, -0.15) is 0 Å². The lowest BCUT2D eigenvalue weighted by Gasteiger charge is -2.35. The summed E-state index contributed by atoms with van der Waals surface area (Å²) >= 11 is 0. The van der Waals surface area contributed by atoms with Gasteiger partial charge in [0, 0.05) is 56.2 Å². The number of hydrogen-bond donors (Lipinski definition) is 1. The van der Waals surface area contributed by atoms with Crippen LogP contribution in [0.1, 0.15) is 63.0 Å². The maximum Gasteiger partial charge on any atom is 0.317 e. The lowest BCUT2D eigenvalue weighted by molar-refractivity contribution is 0.0817. The molecule has 3 heterocycles. The van der Waals surface area contributed by atoms with Crippen LogP contribution in [0.2, 0.25) is 0 Å². The Morgan fingerprint density at radius 3 is 2.54 bits per heavy atom. The Labute approximate surface area is 144 Å². The van der Waals surface area contributed by atoms with Crippen LogP contribution in [0.25, 0.3) is 0 Å². The number of nitrogens with one attached hydrogen (secondary N) is 1. The Morgan fingerprint density at radius 1 is 1.25 bits per heavy atom. The normalized spacial score (nSPS) is 20.6. The van der Waals surface area contributed by atoms with Crippen LogP contribution < -0.4 is 5.32 Å². The number of carbonyl (C=O) groups excluding carboxylic acids is 1. The summed E-state index contributed by atoms with van der Waals surface area (Å²) in [6.07, 6.45) is 6.12. The number of aryl methyl sites for hydroxylation is 1. The van der Waals surface area contributed by atoms with Crippen molar-refractivity contribution in [2.75, 3.05) is 26.3 Å². The van der Waals surface area contributed by atoms with Crippen molar-refractivity contribution in [2.45, 2.75) is 64.5 Å². The zero-order valence-electron chi connectivity index (χ0n) is 15.1. The Balaban J connectivity index is 1.66. The third kappa shape index (κ3) is 3.74. The van der Waals surface area contributed by atoms with Crippen LogP contribution in [0.5, 0.6) is 0 Å². The fourth-order valence-electron chi connectivity index (χ4n) is 3.86. The number of imidazole rings is 1. The van der Waals surface area contributed by atoms with Gasteiger partial charge in [0.1, 0.15) is 5.82 Å². The van der Waals surface area contributed by atoms with Gasteiger partial charge < -0.3 is 19.5 Å². The van der Waals surface area contributed by atoms with Crippen LogP contribution in [0, 0.1) is 6.92 Å². The van der Waals surface area contributed by atoms with Crippen LogP contribution in [0.3, 0.4) is 0 Å². The van der Waals surface area contributed by atoms with Crippen LogP contribution >= 0.6 is 0 Å². The van der Waals surface area contributed by atoms with Crippen LogP contribution in [-0.2, 0) is 4.74 Å². The average molecular weight is 334 g/mol. The minimum Gasteiger partial charge on any atom is -0.381 e. The monoisotopic (exact) mass is 334 g/mol. The van der Waals surface area contributed by atoms with E-state index < -0.39 is 0 Å². The number of hydrogen-bond acceptors (Lipinski definition) is 3. The predicted molar refractivity (Wildman–Crippen MR) is 93.3 cm³/mol. The molecule has 6 heteroatoms. The van der Waals surface area contributed by atoms with Crippen molar-refractivity contribution in [3.05, 3.63) is 17.7 Å². The number of piperidine rings is 1. The van der Waals surface area contributed by atoms with Crippen LogP contribution in [-0.4, -0.2) is 52.8 Å². The molecule has 1 aromatic heterocycles. The van der Waals surface area contributed by atoms with Gasteiger partial charge in [-0.15, -0.1) is 0 Å². The second kappa shape index (κ2) is 7.55. The van der Waals surface area contributed by atoms with E-state index in [0.29, 0.717) is 12.0 Å². The fourth-order valence-corrected chi connectivity index (χ4v) is 3.86. The molecule has 0 aliphatic carbocycles. The number of amides is 2. The van der Waals surface area contributed by atoms with Crippen molar-refractivity contribution in [3.8, 4) is 0 Å². The number of carbonyl (C=O) groups is 1. The lowest BCUT2D eigenvalue weighted by atomic mass is 9.97. The van der Waals surface area contributed by atoms with E-state index in [9.17, 15) is 4.79 Å². The molecule has 0 aromatic carbocycles. The average Bonchev–Trinajstić information content (AvgIpc) is 2.97. The van der Waals surface area contributed by atoms with Gasteiger partial charge in [0.2, 0.25) is 0 Å². The summed E-state index contributed by atoms with van der Waals surface area (Å²) in [6.45, 7) is 9.45. The Bertz CT molecular complexity index is 555. The molecule has 24 heavy (non-hydrogen) atoms. The van der Waals surface area contributed by atoms with Gasteiger partial charge in [-0.3, -0.25) is 0 Å². The second-order valence-corrected chi connectivity index (χ2v) is 7.34. The van der Waals surface area contributed by atoms with E-state index >= 15 is 0 Å². The number of likely N-dealkylation sites (tertiary alicyclic amines) is 1. The maximum absolute atomic E-state index is 12.2. The minimum absolute atomic E-state index is 0.0652. The molecule has 6 nitrogen and oxygen atoms in total. The van der Waals surface area contributed by atoms with E-state index in [0.717, 1.165) is 52.0 Å². The summed E-state index contributed by atoms with van der Waals surface area (Å²) in [5, 5.41) is 2.99. The maximum atomic E-state index is 12.2. The summed E-state index contributed by atoms with van der Waals surface area (Å²) in [6, 6.07) is 0.704. The van der Waals surface area contributed by atoms with Crippen LogP contribution in [0.15, 0.2) is 6.20 Å². The van der Waals surface area contributed by atoms with Crippen molar-refractivity contribution in [1.29, 1.82) is 0 Å². The zero-order valence-corrected chi connectivity index (χ0v) is 15.1. The second-order valence-electron chi connectivity index (χ2n) is 7.34. The van der Waals surface area contributed by atoms with Gasteiger partial charge in [-0.05, 0) is 46.5 Å². The molecular weight excluding hydrogens is 304 g/mol. The Morgan fingerprint density at radius 2 is 1.92 bits per heavy atom. The van der Waals surface area contributed by atoms with E-state index in [2.05, 4.69) is 16.8 Å². The number of ether oxygens (including phenoxy) is 1. The van der Waals surface area contributed by atoms with Crippen molar-refractivity contribution in [2.24, 2.45) is 0 Å². The molecule has 3 rings (SSSR count). The van der Waals surface area contributed by atoms with Crippen molar-refractivity contribution in [1.82, 2.24) is 19.8 Å². The molecule has 0 radical (unpaired) electrons. The van der Waals surface area contributed by atoms with E-state index in [-0.39, 0.29) is 12.1 Å². The molecule has 0 bridgehead atoms. The molecule has 0 spiro atoms. The lowest BCUT2D eigenvalue weighted by Crippen LogP contribution is -2.46. The molecule has 2 saturated heterocycles. The van der Waals surface area contributed by atoms with E-state index in [1.165, 1.54) is 11.5 Å². The quantitative estimate of drug-likeness (QED) is 0.925. The fraction of sp³-hybridized carbons (Fsp3) is 0.778. The molecule has 0 saturated carbocycles. The van der Waals surface area contributed by atoms with Crippen molar-refractivity contribution >= 4 is 6.03 Å². The highest BCUT2D eigenvalue weighted by Crippen LogP contribution is 2.32. The number of nitrogens with zero attached hydrogens (tertiary/aromatic N) is 3. The molecule has 134 valence electrons. The summed E-state index contributed by atoms with van der Waals surface area (Å²) in [4.78, 5) is 18.8. The predicted octanol–water partition coefficient (Wildman–Crippen LogP) is 2.84. The first-order valence-corrected chi connectivity index (χ1v) is 9.23. The molecule has 1 aromatic rings. The van der Waals surface area contributed by atoms with Gasteiger partial charge in [-0.1, -0.05) is 0 Å². The van der Waals surface area contributed by atoms with Crippen molar-refractivity contribution < 1.29 is 9.53 Å². The summed E-state index contributed by atoms with van der Waals surface area (Å²) in [5.74, 6) is 1.73. The molecule has 1 N–H and O–H groups in total. The van der Waals surface area contributed by atoms with E-state index in [4.69, 9.17) is 9.72 Å². The highest BCUT2D eigenvalue weighted by molar-refractivity contribution is 5.74.